The number of aliphatic hydroxyl groups is 1. The third kappa shape index (κ3) is 6.65. The van der Waals surface area contributed by atoms with Crippen LogP contribution in [0.5, 0.6) is 0 Å². The Hall–Kier alpha value is -0.620. The molecule has 0 aromatic rings. The summed E-state index contributed by atoms with van der Waals surface area (Å²) in [6.07, 6.45) is 5.09. The molecule has 0 radical (unpaired) electrons. The van der Waals surface area contributed by atoms with E-state index >= 15 is 0 Å². The quantitative estimate of drug-likeness (QED) is 0.607. The van der Waals surface area contributed by atoms with Gasteiger partial charge in [0.15, 0.2) is 0 Å². The zero-order chi connectivity index (χ0) is 17.4. The normalized spacial score (nSPS) is 15.4. The van der Waals surface area contributed by atoms with E-state index in [0.717, 1.165) is 19.3 Å². The molecule has 0 aliphatic carbocycles. The molecule has 132 valence electrons. The number of amides is 1. The smallest absolute Gasteiger partial charge is 0.220 e. The average molecular weight is 336 g/mol. The van der Waals surface area contributed by atoms with Crippen LogP contribution in [0.4, 0.5) is 0 Å². The maximum absolute atomic E-state index is 12.2. The summed E-state index contributed by atoms with van der Waals surface area (Å²) in [7, 11) is -3.05. The van der Waals surface area contributed by atoms with Crippen molar-refractivity contribution < 1.29 is 18.3 Å². The van der Waals surface area contributed by atoms with E-state index in [0.29, 0.717) is 12.8 Å². The second-order valence-corrected chi connectivity index (χ2v) is 9.17. The largest absolute Gasteiger partial charge is 0.394 e. The van der Waals surface area contributed by atoms with E-state index in [1.54, 1.807) is 0 Å². The molecule has 0 aliphatic heterocycles. The Morgan fingerprint density at radius 2 is 1.68 bits per heavy atom. The monoisotopic (exact) mass is 335 g/mol. The van der Waals surface area contributed by atoms with Gasteiger partial charge < -0.3 is 10.4 Å². The van der Waals surface area contributed by atoms with Crippen molar-refractivity contribution in [1.29, 1.82) is 0 Å². The van der Waals surface area contributed by atoms with E-state index in [2.05, 4.69) is 26.1 Å². The molecule has 0 heterocycles. The highest BCUT2D eigenvalue weighted by atomic mass is 32.2. The molecule has 5 nitrogen and oxygen atoms in total. The summed E-state index contributed by atoms with van der Waals surface area (Å²) in [5.74, 6) is -0.172. The summed E-state index contributed by atoms with van der Waals surface area (Å²) in [6.45, 7) is 8.15. The molecular weight excluding hydrogens is 302 g/mol. The fraction of sp³-hybridized carbons (Fsp3) is 0.938. The van der Waals surface area contributed by atoms with Crippen LogP contribution in [-0.2, 0) is 14.6 Å². The number of aliphatic hydroxyl groups excluding tert-OH is 1. The van der Waals surface area contributed by atoms with Crippen molar-refractivity contribution in [1.82, 2.24) is 5.32 Å². The van der Waals surface area contributed by atoms with E-state index in [9.17, 15) is 18.3 Å². The summed E-state index contributed by atoms with van der Waals surface area (Å²) < 4.78 is 22.3. The van der Waals surface area contributed by atoms with Crippen LogP contribution in [0.25, 0.3) is 0 Å². The first-order valence-corrected chi connectivity index (χ1v) is 10.2. The van der Waals surface area contributed by atoms with E-state index in [1.807, 2.05) is 6.92 Å². The Morgan fingerprint density at radius 3 is 2.09 bits per heavy atom. The van der Waals surface area contributed by atoms with Gasteiger partial charge in [0.05, 0.1) is 17.9 Å². The van der Waals surface area contributed by atoms with Gasteiger partial charge in [-0.1, -0.05) is 40.5 Å². The molecule has 0 spiro atoms. The van der Waals surface area contributed by atoms with Gasteiger partial charge in [0.2, 0.25) is 5.91 Å². The lowest BCUT2D eigenvalue weighted by molar-refractivity contribution is -0.126. The van der Waals surface area contributed by atoms with Crippen molar-refractivity contribution in [3.8, 4) is 0 Å². The van der Waals surface area contributed by atoms with Crippen molar-refractivity contribution in [2.75, 3.05) is 18.6 Å². The van der Waals surface area contributed by atoms with Crippen LogP contribution in [0.3, 0.4) is 0 Å². The van der Waals surface area contributed by atoms with Crippen LogP contribution in [0.15, 0.2) is 0 Å². The van der Waals surface area contributed by atoms with E-state index in [4.69, 9.17) is 0 Å². The third-order valence-electron chi connectivity index (χ3n) is 4.41. The number of hydrogen-bond donors (Lipinski definition) is 2. The molecule has 22 heavy (non-hydrogen) atoms. The van der Waals surface area contributed by atoms with E-state index < -0.39 is 15.4 Å². The molecule has 0 fully saturated rings. The highest BCUT2D eigenvalue weighted by Gasteiger charge is 2.44. The first-order valence-electron chi connectivity index (χ1n) is 8.13. The van der Waals surface area contributed by atoms with Crippen molar-refractivity contribution >= 4 is 15.7 Å². The van der Waals surface area contributed by atoms with Crippen LogP contribution in [0.1, 0.15) is 66.2 Å². The van der Waals surface area contributed by atoms with Crippen LogP contribution >= 0.6 is 0 Å². The lowest BCUT2D eigenvalue weighted by Crippen LogP contribution is -2.60. The fourth-order valence-electron chi connectivity index (χ4n) is 3.02. The molecule has 1 unspecified atom stereocenters. The number of carbonyl (C=O) groups excluding carboxylic acids is 1. The molecule has 0 saturated carbocycles. The Labute approximate surface area is 135 Å². The molecule has 0 aliphatic rings. The van der Waals surface area contributed by atoms with Gasteiger partial charge in [-0.05, 0) is 24.7 Å². The van der Waals surface area contributed by atoms with Crippen LogP contribution < -0.4 is 5.32 Å². The lowest BCUT2D eigenvalue weighted by atomic mass is 9.67. The molecule has 0 rings (SSSR count). The van der Waals surface area contributed by atoms with Crippen LogP contribution in [0, 0.1) is 5.41 Å². The van der Waals surface area contributed by atoms with Gasteiger partial charge in [-0.3, -0.25) is 4.79 Å². The first kappa shape index (κ1) is 21.4. The molecule has 0 bridgehead atoms. The van der Waals surface area contributed by atoms with Crippen LogP contribution in [-0.4, -0.2) is 43.6 Å². The van der Waals surface area contributed by atoms with Crippen molar-refractivity contribution in [3.63, 3.8) is 0 Å². The summed E-state index contributed by atoms with van der Waals surface area (Å²) >= 11 is 0. The summed E-state index contributed by atoms with van der Waals surface area (Å²) in [6, 6.07) is 0. The van der Waals surface area contributed by atoms with Gasteiger partial charge in [-0.15, -0.1) is 0 Å². The standard InChI is InChI=1S/C16H33NO4S/c1-6-10-15(3,4)16(13-18,11-7-2)17-14(19)9-8-12-22(5,20)21/h18H,6-13H2,1-5H3,(H,17,19). The molecule has 2 N–H and O–H groups in total. The minimum Gasteiger partial charge on any atom is -0.394 e. The first-order chi connectivity index (χ1) is 10.0. The van der Waals surface area contributed by atoms with Gasteiger partial charge >= 0.3 is 0 Å². The molecule has 0 saturated heterocycles. The Balaban J connectivity index is 4.95. The van der Waals surface area contributed by atoms with Crippen molar-refractivity contribution in [2.24, 2.45) is 5.41 Å². The van der Waals surface area contributed by atoms with Crippen LogP contribution in [0.2, 0.25) is 0 Å². The second-order valence-electron chi connectivity index (χ2n) is 6.91. The Bertz CT molecular complexity index is 445. The highest BCUT2D eigenvalue weighted by molar-refractivity contribution is 7.90. The maximum Gasteiger partial charge on any atom is 0.220 e. The van der Waals surface area contributed by atoms with Gasteiger partial charge in [-0.25, -0.2) is 8.42 Å². The van der Waals surface area contributed by atoms with Gasteiger partial charge in [0.25, 0.3) is 0 Å². The van der Waals surface area contributed by atoms with E-state index in [1.165, 1.54) is 6.26 Å². The minimum absolute atomic E-state index is 0.0126. The number of rotatable bonds is 11. The number of sulfone groups is 1. The molecule has 0 aromatic heterocycles. The predicted molar refractivity (Wildman–Crippen MR) is 90.5 cm³/mol. The lowest BCUT2D eigenvalue weighted by Gasteiger charge is -2.46. The molecule has 1 amide bonds. The Kier molecular flexibility index (Phi) is 8.62. The third-order valence-corrected chi connectivity index (χ3v) is 5.45. The minimum atomic E-state index is -3.05. The predicted octanol–water partition coefficient (Wildman–Crippen LogP) is 2.28. The summed E-state index contributed by atoms with van der Waals surface area (Å²) in [4.78, 5) is 12.2. The summed E-state index contributed by atoms with van der Waals surface area (Å²) in [5.41, 5.74) is -0.876. The topological polar surface area (TPSA) is 83.5 Å². The van der Waals surface area contributed by atoms with Crippen molar-refractivity contribution in [2.45, 2.75) is 71.8 Å². The highest BCUT2D eigenvalue weighted by Crippen LogP contribution is 2.38. The second kappa shape index (κ2) is 8.87. The van der Waals surface area contributed by atoms with E-state index in [-0.39, 0.29) is 30.1 Å². The zero-order valence-electron chi connectivity index (χ0n) is 14.7. The number of carbonyl (C=O) groups is 1. The molecular formula is C16H33NO4S. The Morgan fingerprint density at radius 1 is 1.14 bits per heavy atom. The maximum atomic E-state index is 12.2. The fourth-order valence-corrected chi connectivity index (χ4v) is 3.69. The van der Waals surface area contributed by atoms with Gasteiger partial charge in [0, 0.05) is 12.7 Å². The van der Waals surface area contributed by atoms with Crippen molar-refractivity contribution in [3.05, 3.63) is 0 Å². The summed E-state index contributed by atoms with van der Waals surface area (Å²) in [5, 5.41) is 13.0. The molecule has 0 aromatic carbocycles. The van der Waals surface area contributed by atoms with Gasteiger partial charge in [0.1, 0.15) is 9.84 Å². The number of nitrogens with one attached hydrogen (secondary N) is 1. The molecule has 1 atom stereocenters. The number of hydrogen-bond acceptors (Lipinski definition) is 4. The average Bonchev–Trinajstić information content (AvgIpc) is 2.36. The SMILES string of the molecule is CCCC(C)(C)C(CO)(CCC)NC(=O)CCCS(C)(=O)=O. The zero-order valence-corrected chi connectivity index (χ0v) is 15.6. The molecule has 6 heteroatoms. The van der Waals surface area contributed by atoms with Gasteiger partial charge in [-0.2, -0.15) is 0 Å².